The number of hydrogen-bond acceptors (Lipinski definition) is 3. The summed E-state index contributed by atoms with van der Waals surface area (Å²) in [5.74, 6) is 0.0345. The van der Waals surface area contributed by atoms with Crippen LogP contribution in [0.25, 0.3) is 0 Å². The van der Waals surface area contributed by atoms with Crippen LogP contribution in [0, 0.1) is 0 Å². The number of carbonyl (C=O) groups excluding carboxylic acids is 1. The maximum Gasteiger partial charge on any atom is 0.220 e. The molecule has 0 spiro atoms. The smallest absolute Gasteiger partial charge is 0.220 e. The summed E-state index contributed by atoms with van der Waals surface area (Å²) in [7, 11) is 0. The number of nitrogens with zero attached hydrogens (tertiary/aromatic N) is 1. The Hall–Kier alpha value is -0.840. The Morgan fingerprint density at radius 1 is 1.33 bits per heavy atom. The predicted molar refractivity (Wildman–Crippen MR) is 78.3 cm³/mol. The summed E-state index contributed by atoms with van der Waals surface area (Å²) < 4.78 is 0. The number of hydrogen-bond donors (Lipinski definition) is 2. The quantitative estimate of drug-likeness (QED) is 0.868. The van der Waals surface area contributed by atoms with Gasteiger partial charge in [-0.2, -0.15) is 0 Å². The highest BCUT2D eigenvalue weighted by Crippen LogP contribution is 2.03. The Balaban J connectivity index is 0. The van der Waals surface area contributed by atoms with Gasteiger partial charge in [0.1, 0.15) is 0 Å². The van der Waals surface area contributed by atoms with Crippen molar-refractivity contribution in [1.29, 1.82) is 0 Å². The van der Waals surface area contributed by atoms with E-state index in [0.29, 0.717) is 13.0 Å². The minimum Gasteiger partial charge on any atom is -0.350 e. The van der Waals surface area contributed by atoms with Crippen LogP contribution < -0.4 is 11.1 Å². The molecule has 1 amide bonds. The van der Waals surface area contributed by atoms with Crippen LogP contribution >= 0.6 is 24.8 Å². The van der Waals surface area contributed by atoms with E-state index in [1.54, 1.807) is 12.4 Å². The average molecular weight is 294 g/mol. The lowest BCUT2D eigenvalue weighted by atomic mass is 10.1. The molecule has 1 rings (SSSR count). The molecule has 3 N–H and O–H groups in total. The van der Waals surface area contributed by atoms with Crippen molar-refractivity contribution in [3.63, 3.8) is 0 Å². The zero-order chi connectivity index (χ0) is 12.0. The standard InChI is InChI=1S/C12H19N3O.2ClH/c1-12(2,9-13)15-11(16)4-3-10-5-7-14-8-6-10;;/h5-8H,3-4,9,13H2,1-2H3,(H,15,16);2*1H. The van der Waals surface area contributed by atoms with Crippen LogP contribution in [0.4, 0.5) is 0 Å². The third kappa shape index (κ3) is 7.48. The van der Waals surface area contributed by atoms with Crippen molar-refractivity contribution in [1.82, 2.24) is 10.3 Å². The van der Waals surface area contributed by atoms with Crippen molar-refractivity contribution < 1.29 is 4.79 Å². The van der Waals surface area contributed by atoms with Crippen LogP contribution in [0.15, 0.2) is 24.5 Å². The molecule has 1 aromatic heterocycles. The molecule has 0 aliphatic carbocycles. The number of rotatable bonds is 5. The fraction of sp³-hybridized carbons (Fsp3) is 0.500. The minimum atomic E-state index is -0.324. The molecule has 0 saturated carbocycles. The molecule has 6 heteroatoms. The van der Waals surface area contributed by atoms with Crippen LogP contribution in [-0.4, -0.2) is 23.0 Å². The van der Waals surface area contributed by atoms with Gasteiger partial charge in [0.2, 0.25) is 5.91 Å². The lowest BCUT2D eigenvalue weighted by Crippen LogP contribution is -2.48. The highest BCUT2D eigenvalue weighted by Gasteiger charge is 2.17. The van der Waals surface area contributed by atoms with Crippen molar-refractivity contribution in [2.24, 2.45) is 5.73 Å². The van der Waals surface area contributed by atoms with Gasteiger partial charge in [0.05, 0.1) is 0 Å². The number of aryl methyl sites for hydroxylation is 1. The molecule has 18 heavy (non-hydrogen) atoms. The van der Waals surface area contributed by atoms with Crippen LogP contribution in [0.3, 0.4) is 0 Å². The van der Waals surface area contributed by atoms with E-state index in [-0.39, 0.29) is 36.3 Å². The van der Waals surface area contributed by atoms with Crippen LogP contribution in [-0.2, 0) is 11.2 Å². The van der Waals surface area contributed by atoms with E-state index in [1.807, 2.05) is 26.0 Å². The maximum atomic E-state index is 11.6. The Kier molecular flexibility index (Phi) is 9.90. The molecule has 4 nitrogen and oxygen atoms in total. The number of pyridine rings is 1. The Labute approximate surface area is 121 Å². The predicted octanol–water partition coefficient (Wildman–Crippen LogP) is 1.71. The highest BCUT2D eigenvalue weighted by atomic mass is 35.5. The fourth-order valence-corrected chi connectivity index (χ4v) is 1.30. The van der Waals surface area contributed by atoms with Gasteiger partial charge in [-0.3, -0.25) is 9.78 Å². The molecule has 0 atom stereocenters. The first kappa shape index (κ1) is 19.5. The van der Waals surface area contributed by atoms with Gasteiger partial charge in [0.25, 0.3) is 0 Å². The van der Waals surface area contributed by atoms with Gasteiger partial charge in [0, 0.05) is 30.9 Å². The number of nitrogens with two attached hydrogens (primary N) is 1. The van der Waals surface area contributed by atoms with E-state index in [0.717, 1.165) is 12.0 Å². The third-order valence-electron chi connectivity index (χ3n) is 2.38. The third-order valence-corrected chi connectivity index (χ3v) is 2.38. The first-order valence-corrected chi connectivity index (χ1v) is 5.43. The van der Waals surface area contributed by atoms with Crippen LogP contribution in [0.2, 0.25) is 0 Å². The summed E-state index contributed by atoms with van der Waals surface area (Å²) in [6.07, 6.45) is 4.68. The Morgan fingerprint density at radius 2 is 1.89 bits per heavy atom. The van der Waals surface area contributed by atoms with E-state index in [4.69, 9.17) is 5.73 Å². The molecule has 0 bridgehead atoms. The van der Waals surface area contributed by atoms with E-state index in [2.05, 4.69) is 10.3 Å². The second-order valence-corrected chi connectivity index (χ2v) is 4.49. The summed E-state index contributed by atoms with van der Waals surface area (Å²) in [5, 5.41) is 2.90. The number of aromatic nitrogens is 1. The molecule has 0 unspecified atom stereocenters. The molecular weight excluding hydrogens is 273 g/mol. The maximum absolute atomic E-state index is 11.6. The van der Waals surface area contributed by atoms with Crippen molar-refractivity contribution in [3.05, 3.63) is 30.1 Å². The zero-order valence-electron chi connectivity index (χ0n) is 10.7. The lowest BCUT2D eigenvalue weighted by Gasteiger charge is -2.24. The van der Waals surface area contributed by atoms with Gasteiger partial charge < -0.3 is 11.1 Å². The van der Waals surface area contributed by atoms with Crippen molar-refractivity contribution >= 4 is 30.7 Å². The molecule has 0 aliphatic rings. The lowest BCUT2D eigenvalue weighted by molar-refractivity contribution is -0.122. The summed E-state index contributed by atoms with van der Waals surface area (Å²) in [4.78, 5) is 15.5. The first-order valence-electron chi connectivity index (χ1n) is 5.43. The largest absolute Gasteiger partial charge is 0.350 e. The molecule has 0 saturated heterocycles. The molecular formula is C12H21Cl2N3O. The Bertz CT molecular complexity index is 344. The van der Waals surface area contributed by atoms with Gasteiger partial charge in [-0.1, -0.05) is 0 Å². The van der Waals surface area contributed by atoms with Crippen LogP contribution in [0.5, 0.6) is 0 Å². The summed E-state index contributed by atoms with van der Waals surface area (Å²) in [6, 6.07) is 3.84. The number of nitrogens with one attached hydrogen (secondary N) is 1. The number of amides is 1. The average Bonchev–Trinajstić information content (AvgIpc) is 2.27. The van der Waals surface area contributed by atoms with Gasteiger partial charge in [-0.25, -0.2) is 0 Å². The second-order valence-electron chi connectivity index (χ2n) is 4.49. The molecule has 0 fully saturated rings. The normalized spacial score (nSPS) is 9.94. The minimum absolute atomic E-state index is 0. The molecule has 1 aromatic rings. The molecule has 0 radical (unpaired) electrons. The summed E-state index contributed by atoms with van der Waals surface area (Å²) in [6.45, 7) is 4.27. The monoisotopic (exact) mass is 293 g/mol. The topological polar surface area (TPSA) is 68.0 Å². The second kappa shape index (κ2) is 9.14. The fourth-order valence-electron chi connectivity index (χ4n) is 1.30. The summed E-state index contributed by atoms with van der Waals surface area (Å²) in [5.41, 5.74) is 6.34. The van der Waals surface area contributed by atoms with Crippen molar-refractivity contribution in [2.75, 3.05) is 6.54 Å². The molecule has 0 aliphatic heterocycles. The van der Waals surface area contributed by atoms with Crippen molar-refractivity contribution in [2.45, 2.75) is 32.2 Å². The van der Waals surface area contributed by atoms with E-state index in [9.17, 15) is 4.79 Å². The van der Waals surface area contributed by atoms with Gasteiger partial charge in [-0.15, -0.1) is 24.8 Å². The van der Waals surface area contributed by atoms with Crippen LogP contribution in [0.1, 0.15) is 25.8 Å². The van der Waals surface area contributed by atoms with Gasteiger partial charge in [0.15, 0.2) is 0 Å². The number of halogens is 2. The SMILES string of the molecule is CC(C)(CN)NC(=O)CCc1ccncc1.Cl.Cl. The summed E-state index contributed by atoms with van der Waals surface area (Å²) >= 11 is 0. The van der Waals surface area contributed by atoms with E-state index < -0.39 is 0 Å². The van der Waals surface area contributed by atoms with Gasteiger partial charge in [-0.05, 0) is 38.0 Å². The van der Waals surface area contributed by atoms with Crippen molar-refractivity contribution in [3.8, 4) is 0 Å². The van der Waals surface area contributed by atoms with E-state index >= 15 is 0 Å². The molecule has 104 valence electrons. The number of carbonyl (C=O) groups is 1. The molecule has 1 heterocycles. The van der Waals surface area contributed by atoms with E-state index in [1.165, 1.54) is 0 Å². The zero-order valence-corrected chi connectivity index (χ0v) is 12.3. The first-order chi connectivity index (χ1) is 7.53. The van der Waals surface area contributed by atoms with Gasteiger partial charge >= 0.3 is 0 Å². The highest BCUT2D eigenvalue weighted by molar-refractivity contribution is 5.85. The molecule has 0 aromatic carbocycles. The Morgan fingerprint density at radius 3 is 2.39 bits per heavy atom.